The number of hydrogen-bond acceptors (Lipinski definition) is 5. The smallest absolute Gasteiger partial charge is 0.162 e. The Labute approximate surface area is 194 Å². The summed E-state index contributed by atoms with van der Waals surface area (Å²) < 4.78 is 15.5. The van der Waals surface area contributed by atoms with Gasteiger partial charge in [0, 0.05) is 55.9 Å². The van der Waals surface area contributed by atoms with Crippen LogP contribution in [0.3, 0.4) is 0 Å². The molecule has 1 unspecified atom stereocenters. The van der Waals surface area contributed by atoms with Crippen molar-refractivity contribution in [2.45, 2.75) is 32.5 Å². The molecule has 0 bridgehead atoms. The fraction of sp³-hybridized carbons (Fsp3) is 0.308. The van der Waals surface area contributed by atoms with E-state index in [-0.39, 0.29) is 6.04 Å². The summed E-state index contributed by atoms with van der Waals surface area (Å²) in [7, 11) is 1.96. The topological polar surface area (TPSA) is 66.1 Å². The molecule has 1 aliphatic rings. The number of aromatic nitrogens is 4. The zero-order valence-corrected chi connectivity index (χ0v) is 19.1. The van der Waals surface area contributed by atoms with Crippen LogP contribution in [0.1, 0.15) is 29.4 Å². The summed E-state index contributed by atoms with van der Waals surface area (Å²) >= 11 is 0. The summed E-state index contributed by atoms with van der Waals surface area (Å²) in [6.45, 7) is 4.81. The van der Waals surface area contributed by atoms with E-state index in [9.17, 15) is 0 Å². The monoisotopic (exact) mass is 443 g/mol. The standard InChI is InChI=1S/C26H29N5O2/c1-19-27-11-13-31(19)12-10-23(20-6-4-3-5-7-20)28-17-22-18-30(2)29-26(22)21-8-9-24-25(16-21)33-15-14-32-24/h3-9,11,13,16,18,23,28H,10,12,14-15,17H2,1-2H3. The highest BCUT2D eigenvalue weighted by Gasteiger charge is 2.18. The van der Waals surface area contributed by atoms with Gasteiger partial charge in [-0.25, -0.2) is 4.98 Å². The molecule has 33 heavy (non-hydrogen) atoms. The van der Waals surface area contributed by atoms with Gasteiger partial charge in [-0.05, 0) is 37.1 Å². The lowest BCUT2D eigenvalue weighted by Gasteiger charge is -2.20. The maximum absolute atomic E-state index is 5.78. The van der Waals surface area contributed by atoms with Gasteiger partial charge >= 0.3 is 0 Å². The highest BCUT2D eigenvalue weighted by atomic mass is 16.6. The highest BCUT2D eigenvalue weighted by Crippen LogP contribution is 2.35. The van der Waals surface area contributed by atoms with Gasteiger partial charge in [0.15, 0.2) is 11.5 Å². The molecular formula is C26H29N5O2. The van der Waals surface area contributed by atoms with Crippen LogP contribution in [0, 0.1) is 6.92 Å². The lowest BCUT2D eigenvalue weighted by Crippen LogP contribution is -2.22. The van der Waals surface area contributed by atoms with E-state index in [4.69, 9.17) is 14.6 Å². The van der Waals surface area contributed by atoms with Crippen LogP contribution >= 0.6 is 0 Å². The van der Waals surface area contributed by atoms with Crippen LogP contribution in [0.25, 0.3) is 11.3 Å². The van der Waals surface area contributed by atoms with Gasteiger partial charge in [0.2, 0.25) is 0 Å². The first-order chi connectivity index (χ1) is 16.2. The lowest BCUT2D eigenvalue weighted by molar-refractivity contribution is 0.171. The molecule has 0 spiro atoms. The van der Waals surface area contributed by atoms with Crippen molar-refractivity contribution in [1.82, 2.24) is 24.6 Å². The van der Waals surface area contributed by atoms with E-state index in [0.29, 0.717) is 19.8 Å². The number of fused-ring (bicyclic) bond motifs is 1. The number of imidazole rings is 1. The third kappa shape index (κ3) is 4.78. The number of hydrogen-bond donors (Lipinski definition) is 1. The Morgan fingerprint density at radius 2 is 1.88 bits per heavy atom. The SMILES string of the molecule is Cc1nccn1CCC(NCc1cn(C)nc1-c1ccc2c(c1)OCCO2)c1ccccc1. The first-order valence-corrected chi connectivity index (χ1v) is 11.4. The molecule has 0 aliphatic carbocycles. The van der Waals surface area contributed by atoms with Crippen molar-refractivity contribution in [2.75, 3.05) is 13.2 Å². The summed E-state index contributed by atoms with van der Waals surface area (Å²) in [5, 5.41) is 8.52. The van der Waals surface area contributed by atoms with E-state index in [2.05, 4.69) is 57.5 Å². The molecule has 5 rings (SSSR count). The molecule has 2 aromatic heterocycles. The van der Waals surface area contributed by atoms with Gasteiger partial charge < -0.3 is 19.4 Å². The molecule has 7 nitrogen and oxygen atoms in total. The average molecular weight is 444 g/mol. The van der Waals surface area contributed by atoms with Crippen LogP contribution in [0.4, 0.5) is 0 Å². The first kappa shape index (κ1) is 21.3. The van der Waals surface area contributed by atoms with Crippen molar-refractivity contribution in [1.29, 1.82) is 0 Å². The Kier molecular flexibility index (Phi) is 6.13. The Morgan fingerprint density at radius 1 is 1.06 bits per heavy atom. The molecule has 1 aliphatic heterocycles. The summed E-state index contributed by atoms with van der Waals surface area (Å²) in [5.41, 5.74) is 4.41. The van der Waals surface area contributed by atoms with E-state index in [1.165, 1.54) is 5.56 Å². The molecular weight excluding hydrogens is 414 g/mol. The zero-order valence-electron chi connectivity index (χ0n) is 19.1. The molecule has 1 atom stereocenters. The molecule has 0 amide bonds. The minimum Gasteiger partial charge on any atom is -0.486 e. The molecule has 170 valence electrons. The van der Waals surface area contributed by atoms with E-state index in [0.717, 1.165) is 47.1 Å². The number of nitrogens with one attached hydrogen (secondary N) is 1. The molecule has 4 aromatic rings. The quantitative estimate of drug-likeness (QED) is 0.440. The minimum atomic E-state index is 0.210. The molecule has 2 aromatic carbocycles. The summed E-state index contributed by atoms with van der Waals surface area (Å²) in [6, 6.07) is 16.9. The van der Waals surface area contributed by atoms with Crippen LogP contribution in [-0.2, 0) is 20.1 Å². The first-order valence-electron chi connectivity index (χ1n) is 11.4. The molecule has 1 N–H and O–H groups in total. The second-order valence-corrected chi connectivity index (χ2v) is 8.34. The van der Waals surface area contributed by atoms with Gasteiger partial charge in [0.25, 0.3) is 0 Å². The molecule has 0 fully saturated rings. The molecule has 0 saturated carbocycles. The van der Waals surface area contributed by atoms with Crippen molar-refractivity contribution >= 4 is 0 Å². The summed E-state index contributed by atoms with van der Waals surface area (Å²) in [5.74, 6) is 2.61. The zero-order chi connectivity index (χ0) is 22.6. The second kappa shape index (κ2) is 9.50. The maximum atomic E-state index is 5.78. The van der Waals surface area contributed by atoms with Gasteiger partial charge in [-0.1, -0.05) is 30.3 Å². The Morgan fingerprint density at radius 3 is 2.67 bits per heavy atom. The van der Waals surface area contributed by atoms with Crippen molar-refractivity contribution < 1.29 is 9.47 Å². The number of aryl methyl sites for hydroxylation is 3. The number of ether oxygens (including phenoxy) is 2. The molecule has 3 heterocycles. The Bertz CT molecular complexity index is 1210. The summed E-state index contributed by atoms with van der Waals surface area (Å²) in [6.07, 6.45) is 6.94. The molecule has 0 radical (unpaired) electrons. The van der Waals surface area contributed by atoms with E-state index >= 15 is 0 Å². The number of nitrogens with zero attached hydrogens (tertiary/aromatic N) is 4. The number of rotatable bonds is 8. The van der Waals surface area contributed by atoms with Gasteiger partial charge in [0.1, 0.15) is 19.0 Å². The third-order valence-corrected chi connectivity index (χ3v) is 6.04. The Balaban J connectivity index is 1.36. The highest BCUT2D eigenvalue weighted by molar-refractivity contribution is 5.66. The van der Waals surface area contributed by atoms with E-state index in [1.54, 1.807) is 0 Å². The van der Waals surface area contributed by atoms with Gasteiger partial charge in [0.05, 0.1) is 5.69 Å². The predicted octanol–water partition coefficient (Wildman–Crippen LogP) is 4.28. The van der Waals surface area contributed by atoms with Crippen molar-refractivity contribution in [3.05, 3.63) is 84.1 Å². The van der Waals surface area contributed by atoms with Gasteiger partial charge in [-0.3, -0.25) is 4.68 Å². The lowest BCUT2D eigenvalue weighted by atomic mass is 10.0. The maximum Gasteiger partial charge on any atom is 0.162 e. The van der Waals surface area contributed by atoms with E-state index in [1.807, 2.05) is 43.2 Å². The molecule has 7 heteroatoms. The summed E-state index contributed by atoms with van der Waals surface area (Å²) in [4.78, 5) is 4.35. The predicted molar refractivity (Wildman–Crippen MR) is 127 cm³/mol. The van der Waals surface area contributed by atoms with Crippen LogP contribution in [-0.4, -0.2) is 32.5 Å². The normalized spacial score (nSPS) is 13.8. The van der Waals surface area contributed by atoms with Crippen LogP contribution in [0.2, 0.25) is 0 Å². The Hall–Kier alpha value is -3.58. The van der Waals surface area contributed by atoms with Gasteiger partial charge in [-0.2, -0.15) is 5.10 Å². The van der Waals surface area contributed by atoms with Gasteiger partial charge in [-0.15, -0.1) is 0 Å². The average Bonchev–Trinajstić information content (AvgIpc) is 3.44. The third-order valence-electron chi connectivity index (χ3n) is 6.04. The van der Waals surface area contributed by atoms with Crippen molar-refractivity contribution in [3.8, 4) is 22.8 Å². The van der Waals surface area contributed by atoms with Crippen LogP contribution in [0.5, 0.6) is 11.5 Å². The van der Waals surface area contributed by atoms with Crippen LogP contribution < -0.4 is 14.8 Å². The van der Waals surface area contributed by atoms with E-state index < -0.39 is 0 Å². The fourth-order valence-electron chi connectivity index (χ4n) is 4.31. The number of benzene rings is 2. The largest absolute Gasteiger partial charge is 0.486 e. The van der Waals surface area contributed by atoms with Crippen molar-refractivity contribution in [2.24, 2.45) is 7.05 Å². The minimum absolute atomic E-state index is 0.210. The molecule has 0 saturated heterocycles. The van der Waals surface area contributed by atoms with Crippen molar-refractivity contribution in [3.63, 3.8) is 0 Å². The van der Waals surface area contributed by atoms with Crippen LogP contribution in [0.15, 0.2) is 67.1 Å². The second-order valence-electron chi connectivity index (χ2n) is 8.34. The fourth-order valence-corrected chi connectivity index (χ4v) is 4.31.